The van der Waals surface area contributed by atoms with Crippen LogP contribution in [0.25, 0.3) is 0 Å². The van der Waals surface area contributed by atoms with Crippen molar-refractivity contribution in [1.29, 1.82) is 5.26 Å². The van der Waals surface area contributed by atoms with E-state index >= 15 is 0 Å². The van der Waals surface area contributed by atoms with Crippen LogP contribution in [0.1, 0.15) is 33.1 Å². The molecule has 3 heteroatoms. The van der Waals surface area contributed by atoms with Crippen LogP contribution in [0.5, 0.6) is 0 Å². The van der Waals surface area contributed by atoms with Gasteiger partial charge in [-0.05, 0) is 36.8 Å². The van der Waals surface area contributed by atoms with Crippen molar-refractivity contribution < 1.29 is 0 Å². The zero-order chi connectivity index (χ0) is 12.5. The molecule has 1 aromatic rings. The van der Waals surface area contributed by atoms with Gasteiger partial charge in [-0.25, -0.2) is 0 Å². The molecule has 0 saturated heterocycles. The number of para-hydroxylation sites is 1. The average molecular weight is 249 g/mol. The van der Waals surface area contributed by atoms with Crippen molar-refractivity contribution in [2.45, 2.75) is 38.6 Å². The van der Waals surface area contributed by atoms with Crippen LogP contribution in [-0.4, -0.2) is 5.54 Å². The van der Waals surface area contributed by atoms with Crippen molar-refractivity contribution in [3.63, 3.8) is 0 Å². The molecule has 17 heavy (non-hydrogen) atoms. The molecule has 1 N–H and O–H groups in total. The fraction of sp³-hybridized carbons (Fsp3) is 0.500. The molecule has 0 aliphatic heterocycles. The van der Waals surface area contributed by atoms with Gasteiger partial charge >= 0.3 is 0 Å². The van der Waals surface area contributed by atoms with Gasteiger partial charge in [-0.2, -0.15) is 5.26 Å². The van der Waals surface area contributed by atoms with Crippen molar-refractivity contribution in [2.75, 3.05) is 5.32 Å². The molecular weight excluding hydrogens is 232 g/mol. The van der Waals surface area contributed by atoms with E-state index < -0.39 is 5.54 Å². The zero-order valence-corrected chi connectivity index (χ0v) is 11.0. The largest absolute Gasteiger partial charge is 0.366 e. The maximum atomic E-state index is 9.45. The summed E-state index contributed by atoms with van der Waals surface area (Å²) in [6, 6.07) is 10.0. The van der Waals surface area contributed by atoms with Crippen LogP contribution >= 0.6 is 11.6 Å². The number of rotatable bonds is 2. The number of nitrogens with one attached hydrogen (secondary N) is 1. The molecule has 0 amide bonds. The standard InChI is InChI=1S/C14H17ClN2/c1-13(2)7-8-14(9-13,10-16)17-12-6-4-3-5-11(12)15/h3-6,17H,7-9H2,1-2H3. The van der Waals surface area contributed by atoms with E-state index in [1.54, 1.807) is 0 Å². The van der Waals surface area contributed by atoms with Crippen molar-refractivity contribution in [3.05, 3.63) is 29.3 Å². The van der Waals surface area contributed by atoms with E-state index in [4.69, 9.17) is 11.6 Å². The van der Waals surface area contributed by atoms with E-state index in [0.29, 0.717) is 5.02 Å². The number of nitriles is 1. The maximum Gasteiger partial charge on any atom is 0.125 e. The first-order valence-corrected chi connectivity index (χ1v) is 6.28. The highest BCUT2D eigenvalue weighted by atomic mass is 35.5. The van der Waals surface area contributed by atoms with Crippen LogP contribution in [0, 0.1) is 16.7 Å². The summed E-state index contributed by atoms with van der Waals surface area (Å²) < 4.78 is 0. The third kappa shape index (κ3) is 2.56. The topological polar surface area (TPSA) is 35.8 Å². The molecular formula is C14H17ClN2. The molecule has 2 nitrogen and oxygen atoms in total. The number of nitrogens with zero attached hydrogens (tertiary/aromatic N) is 1. The first kappa shape index (κ1) is 12.3. The van der Waals surface area contributed by atoms with Crippen molar-refractivity contribution >= 4 is 17.3 Å². The average Bonchev–Trinajstić information content (AvgIpc) is 2.59. The number of anilines is 1. The second-order valence-corrected chi connectivity index (χ2v) is 6.05. The van der Waals surface area contributed by atoms with Crippen LogP contribution in [0.3, 0.4) is 0 Å². The predicted molar refractivity (Wildman–Crippen MR) is 71.1 cm³/mol. The summed E-state index contributed by atoms with van der Waals surface area (Å²) in [5, 5.41) is 13.5. The first-order chi connectivity index (χ1) is 7.96. The second kappa shape index (κ2) is 4.23. The molecule has 1 atom stereocenters. The molecule has 0 radical (unpaired) electrons. The predicted octanol–water partition coefficient (Wildman–Crippen LogP) is 4.22. The monoisotopic (exact) mass is 248 g/mol. The van der Waals surface area contributed by atoms with E-state index in [9.17, 15) is 5.26 Å². The fourth-order valence-electron chi connectivity index (χ4n) is 2.60. The Bertz CT molecular complexity index is 462. The molecule has 1 aliphatic rings. The Balaban J connectivity index is 2.23. The Morgan fingerprint density at radius 1 is 1.29 bits per heavy atom. The minimum atomic E-state index is -0.464. The smallest absolute Gasteiger partial charge is 0.125 e. The van der Waals surface area contributed by atoms with Crippen LogP contribution in [-0.2, 0) is 0 Å². The molecule has 1 unspecified atom stereocenters. The molecule has 0 heterocycles. The lowest BCUT2D eigenvalue weighted by molar-refractivity contribution is 0.368. The number of hydrogen-bond donors (Lipinski definition) is 1. The normalized spacial score (nSPS) is 26.5. The Kier molecular flexibility index (Phi) is 3.05. The summed E-state index contributed by atoms with van der Waals surface area (Å²) in [6.45, 7) is 4.42. The molecule has 2 rings (SSSR count). The molecule has 1 saturated carbocycles. The van der Waals surface area contributed by atoms with E-state index in [2.05, 4.69) is 25.2 Å². The van der Waals surface area contributed by atoms with Crippen LogP contribution in [0.2, 0.25) is 5.02 Å². The SMILES string of the molecule is CC1(C)CCC(C#N)(Nc2ccccc2Cl)C1. The lowest BCUT2D eigenvalue weighted by Crippen LogP contribution is -2.34. The van der Waals surface area contributed by atoms with E-state index in [1.807, 2.05) is 24.3 Å². The van der Waals surface area contributed by atoms with Gasteiger partial charge in [-0.15, -0.1) is 0 Å². The Morgan fingerprint density at radius 2 is 2.00 bits per heavy atom. The lowest BCUT2D eigenvalue weighted by Gasteiger charge is -2.26. The minimum Gasteiger partial charge on any atom is -0.366 e. The van der Waals surface area contributed by atoms with Gasteiger partial charge in [0.1, 0.15) is 5.54 Å². The summed E-state index contributed by atoms with van der Waals surface area (Å²) in [5.74, 6) is 0. The molecule has 1 aromatic carbocycles. The first-order valence-electron chi connectivity index (χ1n) is 5.90. The quantitative estimate of drug-likeness (QED) is 0.850. The number of benzene rings is 1. The summed E-state index contributed by atoms with van der Waals surface area (Å²) in [7, 11) is 0. The molecule has 0 aromatic heterocycles. The molecule has 1 fully saturated rings. The number of hydrogen-bond acceptors (Lipinski definition) is 2. The van der Waals surface area contributed by atoms with Crippen LogP contribution < -0.4 is 5.32 Å². The molecule has 90 valence electrons. The van der Waals surface area contributed by atoms with Crippen molar-refractivity contribution in [3.8, 4) is 6.07 Å². The Labute approximate surface area is 108 Å². The molecule has 0 bridgehead atoms. The van der Waals surface area contributed by atoms with E-state index in [1.165, 1.54) is 0 Å². The highest BCUT2D eigenvalue weighted by molar-refractivity contribution is 6.33. The van der Waals surface area contributed by atoms with Gasteiger partial charge in [0.05, 0.1) is 16.8 Å². The lowest BCUT2D eigenvalue weighted by atomic mass is 9.88. The van der Waals surface area contributed by atoms with Gasteiger partial charge < -0.3 is 5.32 Å². The van der Waals surface area contributed by atoms with Crippen molar-refractivity contribution in [2.24, 2.45) is 5.41 Å². The van der Waals surface area contributed by atoms with Gasteiger partial charge in [-0.3, -0.25) is 0 Å². The molecule has 0 spiro atoms. The van der Waals surface area contributed by atoms with Gasteiger partial charge in [0, 0.05) is 0 Å². The maximum absolute atomic E-state index is 9.45. The second-order valence-electron chi connectivity index (χ2n) is 5.64. The highest BCUT2D eigenvalue weighted by Gasteiger charge is 2.43. The zero-order valence-electron chi connectivity index (χ0n) is 10.3. The van der Waals surface area contributed by atoms with Crippen LogP contribution in [0.15, 0.2) is 24.3 Å². The summed E-state index contributed by atoms with van der Waals surface area (Å²) in [6.07, 6.45) is 2.81. The van der Waals surface area contributed by atoms with Gasteiger partial charge in [0.25, 0.3) is 0 Å². The van der Waals surface area contributed by atoms with Gasteiger partial charge in [0.15, 0.2) is 0 Å². The van der Waals surface area contributed by atoms with E-state index in [0.717, 1.165) is 24.9 Å². The fourth-order valence-corrected chi connectivity index (χ4v) is 2.78. The highest BCUT2D eigenvalue weighted by Crippen LogP contribution is 2.45. The number of halogens is 1. The summed E-state index contributed by atoms with van der Waals surface area (Å²) in [5.41, 5.74) is 0.617. The molecule has 1 aliphatic carbocycles. The Morgan fingerprint density at radius 3 is 2.53 bits per heavy atom. The summed E-state index contributed by atoms with van der Waals surface area (Å²) in [4.78, 5) is 0. The third-order valence-electron chi connectivity index (χ3n) is 3.47. The summed E-state index contributed by atoms with van der Waals surface area (Å²) >= 11 is 6.12. The minimum absolute atomic E-state index is 0.226. The van der Waals surface area contributed by atoms with Crippen molar-refractivity contribution in [1.82, 2.24) is 0 Å². The Hall–Kier alpha value is -1.20. The van der Waals surface area contributed by atoms with Gasteiger partial charge in [-0.1, -0.05) is 37.6 Å². The third-order valence-corrected chi connectivity index (χ3v) is 3.80. The van der Waals surface area contributed by atoms with E-state index in [-0.39, 0.29) is 5.41 Å². The van der Waals surface area contributed by atoms with Crippen LogP contribution in [0.4, 0.5) is 5.69 Å². The van der Waals surface area contributed by atoms with Gasteiger partial charge in [0.2, 0.25) is 0 Å².